The molecule has 0 aromatic heterocycles. The Labute approximate surface area is 179 Å². The van der Waals surface area contributed by atoms with Gasteiger partial charge < -0.3 is 9.64 Å². The van der Waals surface area contributed by atoms with Gasteiger partial charge in [0.1, 0.15) is 0 Å². The molecule has 0 saturated carbocycles. The summed E-state index contributed by atoms with van der Waals surface area (Å²) in [5.74, 6) is -0.199. The number of hydrogen-bond acceptors (Lipinski definition) is 4. The number of amides is 1. The van der Waals surface area contributed by atoms with Crippen LogP contribution in [-0.2, 0) is 14.8 Å². The number of rotatable bonds is 7. The highest BCUT2D eigenvalue weighted by Crippen LogP contribution is 2.24. The number of morpholine rings is 1. The predicted molar refractivity (Wildman–Crippen MR) is 118 cm³/mol. The van der Waals surface area contributed by atoms with Gasteiger partial charge in [-0.3, -0.25) is 4.79 Å². The molecule has 0 spiro atoms. The minimum absolute atomic E-state index is 0.137. The highest BCUT2D eigenvalue weighted by molar-refractivity contribution is 7.89. The van der Waals surface area contributed by atoms with Gasteiger partial charge in [0.15, 0.2) is 0 Å². The summed E-state index contributed by atoms with van der Waals surface area (Å²) in [4.78, 5) is 15.2. The minimum atomic E-state index is -3.71. The van der Waals surface area contributed by atoms with Gasteiger partial charge in [-0.25, -0.2) is 8.42 Å². The van der Waals surface area contributed by atoms with Crippen LogP contribution in [0.15, 0.2) is 59.5 Å². The van der Waals surface area contributed by atoms with Crippen molar-refractivity contribution < 1.29 is 17.9 Å². The molecule has 1 aliphatic rings. The number of carbonyl (C=O) groups is 1. The fourth-order valence-electron chi connectivity index (χ4n) is 3.69. The average molecular weight is 431 g/mol. The van der Waals surface area contributed by atoms with Crippen molar-refractivity contribution in [2.75, 3.05) is 24.5 Å². The van der Waals surface area contributed by atoms with Crippen molar-refractivity contribution in [3.05, 3.63) is 60.2 Å². The van der Waals surface area contributed by atoms with E-state index in [1.807, 2.05) is 44.2 Å². The molecule has 0 N–H and O–H groups in total. The second-order valence-corrected chi connectivity index (χ2v) is 9.69. The molecular weight excluding hydrogens is 400 g/mol. The number of unbranched alkanes of at least 4 members (excludes halogenated alkanes) is 1. The van der Waals surface area contributed by atoms with Gasteiger partial charge in [-0.15, -0.1) is 0 Å². The van der Waals surface area contributed by atoms with E-state index in [9.17, 15) is 13.2 Å². The molecule has 0 radical (unpaired) electrons. The number of anilines is 1. The highest BCUT2D eigenvalue weighted by atomic mass is 32.2. The summed E-state index contributed by atoms with van der Waals surface area (Å²) < 4.78 is 33.5. The lowest BCUT2D eigenvalue weighted by Crippen LogP contribution is -2.48. The van der Waals surface area contributed by atoms with Gasteiger partial charge >= 0.3 is 0 Å². The largest absolute Gasteiger partial charge is 0.373 e. The molecule has 1 saturated heterocycles. The van der Waals surface area contributed by atoms with Crippen LogP contribution in [-0.4, -0.2) is 50.5 Å². The molecule has 1 heterocycles. The SMILES string of the molecule is CCCCN(C(=O)c1cccc(S(=O)(=O)N2CC(C)OC(C)C2)c1)c1ccccc1. The molecule has 30 heavy (non-hydrogen) atoms. The first kappa shape index (κ1) is 22.5. The van der Waals surface area contributed by atoms with E-state index >= 15 is 0 Å². The van der Waals surface area contributed by atoms with Crippen LogP contribution in [0.2, 0.25) is 0 Å². The van der Waals surface area contributed by atoms with Gasteiger partial charge in [0.25, 0.3) is 5.91 Å². The highest BCUT2D eigenvalue weighted by Gasteiger charge is 2.32. The van der Waals surface area contributed by atoms with Crippen molar-refractivity contribution in [2.45, 2.75) is 50.7 Å². The molecule has 3 rings (SSSR count). The Bertz CT molecular complexity index is 952. The predicted octanol–water partition coefficient (Wildman–Crippen LogP) is 3.93. The molecule has 162 valence electrons. The Kier molecular flexibility index (Phi) is 7.28. The summed E-state index contributed by atoms with van der Waals surface area (Å²) in [6.45, 7) is 6.99. The molecule has 1 amide bonds. The molecular formula is C23H30N2O4S. The maximum Gasteiger partial charge on any atom is 0.258 e. The van der Waals surface area contributed by atoms with Gasteiger partial charge in [-0.05, 0) is 50.6 Å². The zero-order chi connectivity index (χ0) is 21.7. The van der Waals surface area contributed by atoms with Gasteiger partial charge in [0.05, 0.1) is 17.1 Å². The smallest absolute Gasteiger partial charge is 0.258 e. The lowest BCUT2D eigenvalue weighted by atomic mass is 10.1. The van der Waals surface area contributed by atoms with E-state index in [1.54, 1.807) is 23.1 Å². The van der Waals surface area contributed by atoms with Crippen LogP contribution in [0.4, 0.5) is 5.69 Å². The van der Waals surface area contributed by atoms with Crippen LogP contribution in [0.25, 0.3) is 0 Å². The minimum Gasteiger partial charge on any atom is -0.373 e. The van der Waals surface area contributed by atoms with Crippen molar-refractivity contribution in [3.8, 4) is 0 Å². The van der Waals surface area contributed by atoms with E-state index in [1.165, 1.54) is 10.4 Å². The van der Waals surface area contributed by atoms with Crippen LogP contribution in [0.5, 0.6) is 0 Å². The van der Waals surface area contributed by atoms with Crippen LogP contribution in [0.3, 0.4) is 0 Å². The van der Waals surface area contributed by atoms with Crippen LogP contribution >= 0.6 is 0 Å². The van der Waals surface area contributed by atoms with Gasteiger partial charge in [-0.1, -0.05) is 37.6 Å². The summed E-state index contributed by atoms with van der Waals surface area (Å²) in [5.41, 5.74) is 1.17. The summed E-state index contributed by atoms with van der Waals surface area (Å²) in [6.07, 6.45) is 1.48. The van der Waals surface area contributed by atoms with Crippen molar-refractivity contribution in [1.82, 2.24) is 4.31 Å². The number of ether oxygens (including phenoxy) is 1. The maximum absolute atomic E-state index is 13.3. The van der Waals surface area contributed by atoms with Crippen molar-refractivity contribution in [2.24, 2.45) is 0 Å². The number of benzene rings is 2. The van der Waals surface area contributed by atoms with E-state index in [0.29, 0.717) is 25.2 Å². The van der Waals surface area contributed by atoms with E-state index in [-0.39, 0.29) is 23.0 Å². The van der Waals surface area contributed by atoms with E-state index < -0.39 is 10.0 Å². The van der Waals surface area contributed by atoms with E-state index in [4.69, 9.17) is 4.74 Å². The van der Waals surface area contributed by atoms with E-state index in [0.717, 1.165) is 18.5 Å². The summed E-state index contributed by atoms with van der Waals surface area (Å²) in [5, 5.41) is 0. The summed E-state index contributed by atoms with van der Waals surface area (Å²) >= 11 is 0. The molecule has 7 heteroatoms. The van der Waals surface area contributed by atoms with E-state index in [2.05, 4.69) is 6.92 Å². The second kappa shape index (κ2) is 9.73. The summed E-state index contributed by atoms with van der Waals surface area (Å²) in [7, 11) is -3.71. The Hall–Kier alpha value is -2.22. The average Bonchev–Trinajstić information content (AvgIpc) is 2.74. The van der Waals surface area contributed by atoms with Crippen LogP contribution in [0, 0.1) is 0 Å². The second-order valence-electron chi connectivity index (χ2n) is 7.75. The van der Waals surface area contributed by atoms with Crippen molar-refractivity contribution in [3.63, 3.8) is 0 Å². The number of carbonyl (C=O) groups excluding carboxylic acids is 1. The Morgan fingerprint density at radius 3 is 2.37 bits per heavy atom. The molecule has 2 aromatic rings. The quantitative estimate of drug-likeness (QED) is 0.668. The van der Waals surface area contributed by atoms with Gasteiger partial charge in [-0.2, -0.15) is 4.31 Å². The number of sulfonamides is 1. The van der Waals surface area contributed by atoms with Gasteiger partial charge in [0, 0.05) is 30.9 Å². The lowest BCUT2D eigenvalue weighted by Gasteiger charge is -2.34. The summed E-state index contributed by atoms with van der Waals surface area (Å²) in [6, 6.07) is 15.8. The first-order valence-corrected chi connectivity index (χ1v) is 11.9. The topological polar surface area (TPSA) is 66.9 Å². The fraction of sp³-hybridized carbons (Fsp3) is 0.435. The Morgan fingerprint density at radius 2 is 1.73 bits per heavy atom. The molecule has 2 aromatic carbocycles. The first-order chi connectivity index (χ1) is 14.3. The number of para-hydroxylation sites is 1. The molecule has 1 aliphatic heterocycles. The molecule has 0 bridgehead atoms. The first-order valence-electron chi connectivity index (χ1n) is 10.5. The van der Waals surface area contributed by atoms with Crippen molar-refractivity contribution in [1.29, 1.82) is 0 Å². The normalized spacial score (nSPS) is 20.1. The molecule has 2 unspecified atom stereocenters. The molecule has 0 aliphatic carbocycles. The third-order valence-electron chi connectivity index (χ3n) is 5.15. The Morgan fingerprint density at radius 1 is 1.07 bits per heavy atom. The number of hydrogen-bond donors (Lipinski definition) is 0. The Balaban J connectivity index is 1.90. The zero-order valence-corrected chi connectivity index (χ0v) is 18.6. The molecule has 6 nitrogen and oxygen atoms in total. The van der Waals surface area contributed by atoms with Crippen molar-refractivity contribution >= 4 is 21.6 Å². The monoisotopic (exact) mass is 430 g/mol. The lowest BCUT2D eigenvalue weighted by molar-refractivity contribution is -0.0440. The molecule has 2 atom stereocenters. The molecule has 1 fully saturated rings. The third kappa shape index (κ3) is 5.09. The zero-order valence-electron chi connectivity index (χ0n) is 17.8. The fourth-order valence-corrected chi connectivity index (χ4v) is 5.33. The van der Waals surface area contributed by atoms with Gasteiger partial charge in [0.2, 0.25) is 10.0 Å². The maximum atomic E-state index is 13.3. The third-order valence-corrected chi connectivity index (χ3v) is 6.98. The number of nitrogens with zero attached hydrogens (tertiary/aromatic N) is 2. The van der Waals surface area contributed by atoms with Crippen LogP contribution in [0.1, 0.15) is 44.0 Å². The van der Waals surface area contributed by atoms with Crippen LogP contribution < -0.4 is 4.90 Å². The standard InChI is InChI=1S/C23H30N2O4S/c1-4-5-14-25(21-11-7-6-8-12-21)23(26)20-10-9-13-22(15-20)30(27,28)24-16-18(2)29-19(3)17-24/h6-13,15,18-19H,4-5,14,16-17H2,1-3H3.